The first kappa shape index (κ1) is 16.5. The summed E-state index contributed by atoms with van der Waals surface area (Å²) in [5.41, 5.74) is 0.0248. The van der Waals surface area contributed by atoms with Crippen molar-refractivity contribution in [2.24, 2.45) is 0 Å². The van der Waals surface area contributed by atoms with Gasteiger partial charge in [-0.15, -0.1) is 0 Å². The van der Waals surface area contributed by atoms with Crippen LogP contribution in [0.1, 0.15) is 21.5 Å². The number of nitrogens with one attached hydrogen (secondary N) is 1. The van der Waals surface area contributed by atoms with Gasteiger partial charge in [0.2, 0.25) is 0 Å². The molecule has 7 heteroatoms. The third-order valence-electron chi connectivity index (χ3n) is 2.91. The molecule has 0 radical (unpaired) electrons. The van der Waals surface area contributed by atoms with Gasteiger partial charge < -0.3 is 5.32 Å². The van der Waals surface area contributed by atoms with Crippen LogP contribution in [0.2, 0.25) is 0 Å². The molecule has 0 aromatic heterocycles. The molecular weight excluding hydrogens is 366 g/mol. The summed E-state index contributed by atoms with van der Waals surface area (Å²) in [6.45, 7) is 0.0702. The zero-order chi connectivity index (χ0) is 16.3. The second-order valence-corrected chi connectivity index (χ2v) is 5.36. The largest absolute Gasteiger partial charge is 0.416 e. The molecule has 2 rings (SSSR count). The number of carbonyl (C=O) groups excluding carboxylic acids is 1. The highest BCUT2D eigenvalue weighted by Gasteiger charge is 2.29. The predicted molar refractivity (Wildman–Crippen MR) is 76.7 cm³/mol. The Labute approximate surface area is 132 Å². The van der Waals surface area contributed by atoms with Crippen LogP contribution in [-0.2, 0) is 12.7 Å². The van der Waals surface area contributed by atoms with Crippen molar-refractivity contribution in [1.82, 2.24) is 5.32 Å². The molecule has 0 heterocycles. The number of alkyl halides is 3. The highest BCUT2D eigenvalue weighted by atomic mass is 79.9. The van der Waals surface area contributed by atoms with Crippen LogP contribution in [0.15, 0.2) is 46.9 Å². The number of amides is 1. The summed E-state index contributed by atoms with van der Waals surface area (Å²) in [7, 11) is 0. The smallest absolute Gasteiger partial charge is 0.348 e. The highest BCUT2D eigenvalue weighted by Crippen LogP contribution is 2.29. The van der Waals surface area contributed by atoms with Gasteiger partial charge in [0.1, 0.15) is 5.82 Å². The first-order valence-corrected chi connectivity index (χ1v) is 6.96. The Morgan fingerprint density at radius 2 is 1.73 bits per heavy atom. The van der Waals surface area contributed by atoms with Crippen molar-refractivity contribution >= 4 is 21.8 Å². The quantitative estimate of drug-likeness (QED) is 0.784. The van der Waals surface area contributed by atoms with Crippen LogP contribution in [0.4, 0.5) is 17.6 Å². The molecule has 1 amide bonds. The molecule has 116 valence electrons. The second kappa shape index (κ2) is 6.48. The van der Waals surface area contributed by atoms with Crippen LogP contribution in [0.25, 0.3) is 0 Å². The van der Waals surface area contributed by atoms with E-state index in [1.54, 1.807) is 0 Å². The fourth-order valence-corrected chi connectivity index (χ4v) is 2.29. The Kier molecular flexibility index (Phi) is 4.85. The van der Waals surface area contributed by atoms with Gasteiger partial charge in [-0.05, 0) is 51.8 Å². The molecule has 2 nitrogen and oxygen atoms in total. The van der Waals surface area contributed by atoms with Crippen molar-refractivity contribution in [2.45, 2.75) is 12.7 Å². The summed E-state index contributed by atoms with van der Waals surface area (Å²) in [6, 6.07) is 8.13. The zero-order valence-electron chi connectivity index (χ0n) is 11.0. The van der Waals surface area contributed by atoms with Gasteiger partial charge in [-0.3, -0.25) is 4.79 Å². The molecule has 0 aliphatic heterocycles. The summed E-state index contributed by atoms with van der Waals surface area (Å²) in [5, 5.41) is 2.56. The fourth-order valence-electron chi connectivity index (χ4n) is 1.76. The van der Waals surface area contributed by atoms with Gasteiger partial charge in [-0.1, -0.05) is 12.1 Å². The maximum atomic E-state index is 12.9. The van der Waals surface area contributed by atoms with Gasteiger partial charge in [0.25, 0.3) is 5.91 Å². The molecule has 22 heavy (non-hydrogen) atoms. The number of carbonyl (C=O) groups is 1. The van der Waals surface area contributed by atoms with E-state index >= 15 is 0 Å². The molecule has 2 aromatic rings. The van der Waals surface area contributed by atoms with E-state index < -0.39 is 23.5 Å². The van der Waals surface area contributed by atoms with Crippen molar-refractivity contribution in [3.8, 4) is 0 Å². The maximum absolute atomic E-state index is 12.9. The van der Waals surface area contributed by atoms with E-state index in [1.807, 2.05) is 0 Å². The third kappa shape index (κ3) is 4.07. The third-order valence-corrected chi connectivity index (χ3v) is 3.57. The summed E-state index contributed by atoms with van der Waals surface area (Å²) >= 11 is 3.08. The SMILES string of the molecule is O=C(NCc1ccc(C(F)(F)F)cc1)c1ccc(F)cc1Br. The summed E-state index contributed by atoms with van der Waals surface area (Å²) < 4.78 is 50.5. The van der Waals surface area contributed by atoms with E-state index in [0.29, 0.717) is 10.0 Å². The molecule has 0 fully saturated rings. The van der Waals surface area contributed by atoms with Crippen molar-refractivity contribution in [2.75, 3.05) is 0 Å². The van der Waals surface area contributed by atoms with Crippen molar-refractivity contribution in [3.05, 3.63) is 69.4 Å². The maximum Gasteiger partial charge on any atom is 0.416 e. The standard InChI is InChI=1S/C15H10BrF4NO/c16-13-7-11(17)5-6-12(13)14(22)21-8-9-1-3-10(4-2-9)15(18,19)20/h1-7H,8H2,(H,21,22). The van der Waals surface area contributed by atoms with Gasteiger partial charge in [0, 0.05) is 11.0 Å². The number of halogens is 5. The zero-order valence-corrected chi connectivity index (χ0v) is 12.6. The number of benzene rings is 2. The molecule has 2 aromatic carbocycles. The lowest BCUT2D eigenvalue weighted by molar-refractivity contribution is -0.137. The lowest BCUT2D eigenvalue weighted by Gasteiger charge is -2.09. The normalized spacial score (nSPS) is 11.3. The Balaban J connectivity index is 2.02. The van der Waals surface area contributed by atoms with Crippen LogP contribution in [0.5, 0.6) is 0 Å². The Morgan fingerprint density at radius 1 is 1.09 bits per heavy atom. The van der Waals surface area contributed by atoms with E-state index in [-0.39, 0.29) is 12.1 Å². The molecule has 0 aliphatic rings. The number of rotatable bonds is 3. The van der Waals surface area contributed by atoms with E-state index in [2.05, 4.69) is 21.2 Å². The first-order valence-electron chi connectivity index (χ1n) is 6.17. The minimum atomic E-state index is -4.39. The molecule has 0 spiro atoms. The summed E-state index contributed by atoms with van der Waals surface area (Å²) in [4.78, 5) is 11.9. The highest BCUT2D eigenvalue weighted by molar-refractivity contribution is 9.10. The Morgan fingerprint density at radius 3 is 2.27 bits per heavy atom. The summed E-state index contributed by atoms with van der Waals surface area (Å²) in [5.74, 6) is -0.932. The molecule has 0 saturated heterocycles. The molecule has 0 unspecified atom stereocenters. The van der Waals surface area contributed by atoms with Gasteiger partial charge >= 0.3 is 6.18 Å². The van der Waals surface area contributed by atoms with E-state index in [1.165, 1.54) is 18.2 Å². The van der Waals surface area contributed by atoms with Gasteiger partial charge in [-0.25, -0.2) is 4.39 Å². The predicted octanol–water partition coefficient (Wildman–Crippen LogP) is 4.54. The summed E-state index contributed by atoms with van der Waals surface area (Å²) in [6.07, 6.45) is -4.39. The number of hydrogen-bond acceptors (Lipinski definition) is 1. The van der Waals surface area contributed by atoms with Crippen molar-refractivity contribution < 1.29 is 22.4 Å². The number of hydrogen-bond donors (Lipinski definition) is 1. The Bertz CT molecular complexity index is 683. The van der Waals surface area contributed by atoms with E-state index in [9.17, 15) is 22.4 Å². The van der Waals surface area contributed by atoms with Crippen LogP contribution >= 0.6 is 15.9 Å². The average molecular weight is 376 g/mol. The van der Waals surface area contributed by atoms with Gasteiger partial charge in [0.15, 0.2) is 0 Å². The fraction of sp³-hybridized carbons (Fsp3) is 0.133. The molecular formula is C15H10BrF4NO. The molecule has 0 aliphatic carbocycles. The lowest BCUT2D eigenvalue weighted by Crippen LogP contribution is -2.23. The average Bonchev–Trinajstić information content (AvgIpc) is 2.44. The van der Waals surface area contributed by atoms with Crippen LogP contribution < -0.4 is 5.32 Å². The monoisotopic (exact) mass is 375 g/mol. The minimum Gasteiger partial charge on any atom is -0.348 e. The second-order valence-electron chi connectivity index (χ2n) is 4.50. The van der Waals surface area contributed by atoms with Crippen molar-refractivity contribution in [1.29, 1.82) is 0 Å². The first-order chi connectivity index (χ1) is 10.3. The van der Waals surface area contributed by atoms with E-state index in [0.717, 1.165) is 24.3 Å². The van der Waals surface area contributed by atoms with Gasteiger partial charge in [-0.2, -0.15) is 13.2 Å². The van der Waals surface area contributed by atoms with Crippen LogP contribution in [0, 0.1) is 5.82 Å². The minimum absolute atomic E-state index is 0.0702. The lowest BCUT2D eigenvalue weighted by atomic mass is 10.1. The van der Waals surface area contributed by atoms with E-state index in [4.69, 9.17) is 0 Å². The van der Waals surface area contributed by atoms with Crippen molar-refractivity contribution in [3.63, 3.8) is 0 Å². The molecule has 0 saturated carbocycles. The van der Waals surface area contributed by atoms with Crippen LogP contribution in [-0.4, -0.2) is 5.91 Å². The topological polar surface area (TPSA) is 29.1 Å². The molecule has 0 bridgehead atoms. The van der Waals surface area contributed by atoms with Crippen LogP contribution in [0.3, 0.4) is 0 Å². The van der Waals surface area contributed by atoms with Gasteiger partial charge in [0.05, 0.1) is 11.1 Å². The molecule has 0 atom stereocenters. The molecule has 1 N–H and O–H groups in total. The Hall–Kier alpha value is -1.89.